The molecule has 0 spiro atoms. The third-order valence-corrected chi connectivity index (χ3v) is 3.16. The first-order valence-electron chi connectivity index (χ1n) is 7.36. The maximum Gasteiger partial charge on any atom is 0.138 e. The van der Waals surface area contributed by atoms with Gasteiger partial charge in [0.25, 0.3) is 0 Å². The van der Waals surface area contributed by atoms with Crippen molar-refractivity contribution >= 4 is 17.3 Å². The first-order valence-corrected chi connectivity index (χ1v) is 7.36. The number of hydrogen-bond acceptors (Lipinski definition) is 4. The summed E-state index contributed by atoms with van der Waals surface area (Å²) in [6.07, 6.45) is 0. The molecule has 0 aliphatic carbocycles. The molecule has 1 aromatic heterocycles. The molecule has 0 saturated heterocycles. The average Bonchev–Trinajstić information content (AvgIpc) is 2.41. The lowest BCUT2D eigenvalue weighted by Crippen LogP contribution is -2.18. The Morgan fingerprint density at radius 3 is 2.33 bits per heavy atom. The van der Waals surface area contributed by atoms with Crippen molar-refractivity contribution in [2.75, 3.05) is 17.2 Å². The van der Waals surface area contributed by atoms with Crippen LogP contribution in [0.15, 0.2) is 30.3 Å². The van der Waals surface area contributed by atoms with Gasteiger partial charge in [-0.3, -0.25) is 0 Å². The summed E-state index contributed by atoms with van der Waals surface area (Å²) < 4.78 is 0. The highest BCUT2D eigenvalue weighted by Gasteiger charge is 2.19. The predicted molar refractivity (Wildman–Crippen MR) is 89.4 cm³/mol. The minimum absolute atomic E-state index is 0.0897. The first-order chi connectivity index (χ1) is 9.90. The van der Waals surface area contributed by atoms with Crippen LogP contribution in [-0.4, -0.2) is 16.5 Å². The molecule has 2 rings (SSSR count). The van der Waals surface area contributed by atoms with Crippen LogP contribution in [0.4, 0.5) is 17.3 Å². The number of aryl methyl sites for hydroxylation is 1. The van der Waals surface area contributed by atoms with Crippen LogP contribution in [0.2, 0.25) is 0 Å². The molecular weight excluding hydrogens is 260 g/mol. The van der Waals surface area contributed by atoms with E-state index in [1.54, 1.807) is 0 Å². The maximum absolute atomic E-state index is 4.66. The Morgan fingerprint density at radius 2 is 1.71 bits per heavy atom. The molecule has 4 heteroatoms. The van der Waals surface area contributed by atoms with Crippen LogP contribution < -0.4 is 10.6 Å². The number of anilines is 3. The number of benzene rings is 1. The van der Waals surface area contributed by atoms with Crippen molar-refractivity contribution in [3.8, 4) is 0 Å². The third kappa shape index (κ3) is 3.94. The Balaban J connectivity index is 2.38. The lowest BCUT2D eigenvalue weighted by molar-refractivity contribution is 0.547. The van der Waals surface area contributed by atoms with Crippen LogP contribution in [0.1, 0.15) is 39.1 Å². The van der Waals surface area contributed by atoms with Crippen LogP contribution in [0.5, 0.6) is 0 Å². The van der Waals surface area contributed by atoms with Gasteiger partial charge < -0.3 is 10.6 Å². The molecular formula is C17H24N4. The molecule has 0 fully saturated rings. The second kappa shape index (κ2) is 6.12. The maximum atomic E-state index is 4.66. The van der Waals surface area contributed by atoms with Gasteiger partial charge in [0.1, 0.15) is 17.5 Å². The van der Waals surface area contributed by atoms with Crippen LogP contribution in [0.25, 0.3) is 0 Å². The smallest absolute Gasteiger partial charge is 0.138 e. The molecule has 0 aliphatic heterocycles. The largest absolute Gasteiger partial charge is 0.370 e. The monoisotopic (exact) mass is 284 g/mol. The topological polar surface area (TPSA) is 49.8 Å². The standard InChI is InChI=1S/C17H24N4/c1-6-18-14-11-15(21-16(20-14)17(3,4)5)19-13-10-8-7-9-12(13)2/h7-11H,6H2,1-5H3,(H2,18,19,20,21). The lowest BCUT2D eigenvalue weighted by atomic mass is 9.96. The second-order valence-electron chi connectivity index (χ2n) is 6.18. The number of hydrogen-bond donors (Lipinski definition) is 2. The molecule has 0 saturated carbocycles. The molecule has 1 aromatic carbocycles. The molecule has 0 bridgehead atoms. The van der Waals surface area contributed by atoms with Gasteiger partial charge >= 0.3 is 0 Å². The molecule has 0 radical (unpaired) electrons. The van der Waals surface area contributed by atoms with E-state index >= 15 is 0 Å². The van der Waals surface area contributed by atoms with E-state index in [1.807, 2.05) is 18.2 Å². The van der Waals surface area contributed by atoms with Crippen LogP contribution in [0.3, 0.4) is 0 Å². The van der Waals surface area contributed by atoms with E-state index in [9.17, 15) is 0 Å². The number of nitrogens with zero attached hydrogens (tertiary/aromatic N) is 2. The Hall–Kier alpha value is -2.10. The SMILES string of the molecule is CCNc1cc(Nc2ccccc2C)nc(C(C)(C)C)n1. The van der Waals surface area contributed by atoms with Crippen molar-refractivity contribution in [2.24, 2.45) is 0 Å². The van der Waals surface area contributed by atoms with Crippen LogP contribution in [0, 0.1) is 6.92 Å². The number of para-hydroxylation sites is 1. The van der Waals surface area contributed by atoms with Crippen LogP contribution >= 0.6 is 0 Å². The van der Waals surface area contributed by atoms with Gasteiger partial charge in [-0.1, -0.05) is 39.0 Å². The molecule has 0 atom stereocenters. The summed E-state index contributed by atoms with van der Waals surface area (Å²) in [5, 5.41) is 6.66. The number of nitrogens with one attached hydrogen (secondary N) is 2. The Labute approximate surface area is 127 Å². The molecule has 2 aromatic rings. The van der Waals surface area contributed by atoms with Gasteiger partial charge in [-0.15, -0.1) is 0 Å². The zero-order valence-corrected chi connectivity index (χ0v) is 13.5. The molecule has 1 heterocycles. The normalized spacial score (nSPS) is 11.3. The molecule has 0 amide bonds. The van der Waals surface area contributed by atoms with Gasteiger partial charge in [-0.25, -0.2) is 9.97 Å². The van der Waals surface area contributed by atoms with Crippen molar-refractivity contribution in [1.29, 1.82) is 0 Å². The highest BCUT2D eigenvalue weighted by molar-refractivity contribution is 5.62. The third-order valence-electron chi connectivity index (χ3n) is 3.16. The summed E-state index contributed by atoms with van der Waals surface area (Å²) >= 11 is 0. The van der Waals surface area contributed by atoms with Crippen molar-refractivity contribution in [2.45, 2.75) is 40.0 Å². The van der Waals surface area contributed by atoms with Gasteiger partial charge in [0, 0.05) is 23.7 Å². The molecule has 2 N–H and O–H groups in total. The van der Waals surface area contributed by atoms with Gasteiger partial charge in [0.2, 0.25) is 0 Å². The molecule has 4 nitrogen and oxygen atoms in total. The predicted octanol–water partition coefficient (Wildman–Crippen LogP) is 4.26. The zero-order valence-electron chi connectivity index (χ0n) is 13.5. The summed E-state index contributed by atoms with van der Waals surface area (Å²) in [4.78, 5) is 9.26. The van der Waals surface area contributed by atoms with E-state index in [2.05, 4.69) is 67.4 Å². The van der Waals surface area contributed by atoms with Crippen molar-refractivity contribution in [3.63, 3.8) is 0 Å². The summed E-state index contributed by atoms with van der Waals surface area (Å²) in [6, 6.07) is 10.1. The minimum Gasteiger partial charge on any atom is -0.370 e. The van der Waals surface area contributed by atoms with Gasteiger partial charge in [0.15, 0.2) is 0 Å². The van der Waals surface area contributed by atoms with Crippen molar-refractivity contribution in [1.82, 2.24) is 9.97 Å². The number of rotatable bonds is 4. The van der Waals surface area contributed by atoms with E-state index in [0.29, 0.717) is 0 Å². The summed E-state index contributed by atoms with van der Waals surface area (Å²) in [5.41, 5.74) is 2.17. The number of aromatic nitrogens is 2. The molecule has 21 heavy (non-hydrogen) atoms. The molecule has 112 valence electrons. The second-order valence-corrected chi connectivity index (χ2v) is 6.18. The Kier molecular flexibility index (Phi) is 4.46. The Bertz CT molecular complexity index is 614. The summed E-state index contributed by atoms with van der Waals surface area (Å²) in [6.45, 7) is 11.3. The quantitative estimate of drug-likeness (QED) is 0.881. The van der Waals surface area contributed by atoms with Crippen molar-refractivity contribution in [3.05, 3.63) is 41.7 Å². The summed E-state index contributed by atoms with van der Waals surface area (Å²) in [7, 11) is 0. The van der Waals surface area contributed by atoms with E-state index in [1.165, 1.54) is 5.56 Å². The lowest BCUT2D eigenvalue weighted by Gasteiger charge is -2.19. The highest BCUT2D eigenvalue weighted by Crippen LogP contribution is 2.25. The fourth-order valence-electron chi connectivity index (χ4n) is 1.97. The minimum atomic E-state index is -0.0897. The highest BCUT2D eigenvalue weighted by atomic mass is 15.1. The summed E-state index contributed by atoms with van der Waals surface area (Å²) in [5.74, 6) is 2.51. The van der Waals surface area contributed by atoms with E-state index in [0.717, 1.165) is 29.7 Å². The Morgan fingerprint density at radius 1 is 1.05 bits per heavy atom. The van der Waals surface area contributed by atoms with Gasteiger partial charge in [0.05, 0.1) is 0 Å². The van der Waals surface area contributed by atoms with E-state index in [-0.39, 0.29) is 5.41 Å². The van der Waals surface area contributed by atoms with Gasteiger partial charge in [-0.2, -0.15) is 0 Å². The fourth-order valence-corrected chi connectivity index (χ4v) is 1.97. The van der Waals surface area contributed by atoms with Crippen LogP contribution in [-0.2, 0) is 5.41 Å². The first kappa shape index (κ1) is 15.3. The van der Waals surface area contributed by atoms with E-state index in [4.69, 9.17) is 0 Å². The average molecular weight is 284 g/mol. The molecule has 0 unspecified atom stereocenters. The van der Waals surface area contributed by atoms with E-state index < -0.39 is 0 Å². The molecule has 0 aliphatic rings. The fraction of sp³-hybridized carbons (Fsp3) is 0.412. The zero-order chi connectivity index (χ0) is 15.5. The van der Waals surface area contributed by atoms with Crippen molar-refractivity contribution < 1.29 is 0 Å². The van der Waals surface area contributed by atoms with Gasteiger partial charge in [-0.05, 0) is 25.5 Å².